The van der Waals surface area contributed by atoms with Crippen LogP contribution in [0.4, 0.5) is 11.5 Å². The summed E-state index contributed by atoms with van der Waals surface area (Å²) >= 11 is 0. The lowest BCUT2D eigenvalue weighted by Gasteiger charge is -1.90. The van der Waals surface area contributed by atoms with Crippen molar-refractivity contribution in [3.05, 3.63) is 6.20 Å². The van der Waals surface area contributed by atoms with Crippen LogP contribution < -0.4 is 11.1 Å². The third-order valence-corrected chi connectivity index (χ3v) is 1.09. The van der Waals surface area contributed by atoms with Crippen LogP contribution in [0.2, 0.25) is 0 Å². The van der Waals surface area contributed by atoms with Crippen LogP contribution in [-0.4, -0.2) is 16.8 Å². The van der Waals surface area contributed by atoms with Gasteiger partial charge in [-0.15, -0.1) is 0 Å². The Hall–Kier alpha value is -1.19. The van der Waals surface area contributed by atoms with E-state index in [1.165, 1.54) is 0 Å². The van der Waals surface area contributed by atoms with Crippen molar-refractivity contribution in [2.24, 2.45) is 7.05 Å². The average Bonchev–Trinajstić information content (AvgIpc) is 2.10. The Morgan fingerprint density at radius 1 is 1.78 bits per heavy atom. The summed E-state index contributed by atoms with van der Waals surface area (Å²) in [5.41, 5.74) is 6.19. The lowest BCUT2D eigenvalue weighted by Crippen LogP contribution is -1.93. The smallest absolute Gasteiger partial charge is 0.171 e. The zero-order valence-corrected chi connectivity index (χ0v) is 5.55. The van der Waals surface area contributed by atoms with E-state index in [1.807, 2.05) is 7.05 Å². The molecule has 0 fully saturated rings. The maximum atomic E-state index is 5.51. The molecule has 4 heteroatoms. The molecule has 0 aliphatic heterocycles. The fourth-order valence-electron chi connectivity index (χ4n) is 0.701. The quantitative estimate of drug-likeness (QED) is 0.558. The summed E-state index contributed by atoms with van der Waals surface area (Å²) in [4.78, 5) is 0. The maximum Gasteiger partial charge on any atom is 0.171 e. The summed E-state index contributed by atoms with van der Waals surface area (Å²) in [7, 11) is 3.62. The summed E-state index contributed by atoms with van der Waals surface area (Å²) in [6.45, 7) is 0. The van der Waals surface area contributed by atoms with Gasteiger partial charge in [0.15, 0.2) is 5.82 Å². The number of nitrogens with one attached hydrogen (secondary N) is 1. The van der Waals surface area contributed by atoms with Gasteiger partial charge < -0.3 is 11.1 Å². The van der Waals surface area contributed by atoms with E-state index in [0.29, 0.717) is 5.69 Å². The molecule has 4 nitrogen and oxygen atoms in total. The van der Waals surface area contributed by atoms with E-state index >= 15 is 0 Å². The normalized spacial score (nSPS) is 9.56. The predicted molar refractivity (Wildman–Crippen MR) is 37.2 cm³/mol. The number of nitrogen functional groups attached to an aromatic ring is 1. The molecule has 0 atom stereocenters. The lowest BCUT2D eigenvalue weighted by molar-refractivity contribution is 0.771. The van der Waals surface area contributed by atoms with Crippen molar-refractivity contribution in [1.29, 1.82) is 0 Å². The molecule has 0 amide bonds. The van der Waals surface area contributed by atoms with E-state index in [-0.39, 0.29) is 0 Å². The van der Waals surface area contributed by atoms with Crippen LogP contribution in [-0.2, 0) is 7.05 Å². The summed E-state index contributed by atoms with van der Waals surface area (Å²) in [5, 5.41) is 6.87. The second-order valence-corrected chi connectivity index (χ2v) is 1.86. The SMILES string of the molecule is CNc1nn(C)cc1N. The summed E-state index contributed by atoms with van der Waals surface area (Å²) in [6, 6.07) is 0. The van der Waals surface area contributed by atoms with Crippen molar-refractivity contribution in [1.82, 2.24) is 9.78 Å². The molecule has 0 aliphatic rings. The van der Waals surface area contributed by atoms with Gasteiger partial charge in [-0.2, -0.15) is 5.10 Å². The van der Waals surface area contributed by atoms with Crippen molar-refractivity contribution in [3.63, 3.8) is 0 Å². The first kappa shape index (κ1) is 5.94. The Morgan fingerprint density at radius 3 is 2.67 bits per heavy atom. The number of aryl methyl sites for hydroxylation is 1. The summed E-state index contributed by atoms with van der Waals surface area (Å²) in [6.07, 6.45) is 1.76. The molecular formula is C5H10N4. The fourth-order valence-corrected chi connectivity index (χ4v) is 0.701. The Morgan fingerprint density at radius 2 is 2.44 bits per heavy atom. The van der Waals surface area contributed by atoms with Crippen molar-refractivity contribution < 1.29 is 0 Å². The minimum absolute atomic E-state index is 0.681. The van der Waals surface area contributed by atoms with Crippen LogP contribution in [0, 0.1) is 0 Å². The Bertz CT molecular complexity index is 203. The Kier molecular flexibility index (Phi) is 1.30. The monoisotopic (exact) mass is 126 g/mol. The highest BCUT2D eigenvalue weighted by molar-refractivity contribution is 5.59. The Labute approximate surface area is 53.7 Å². The van der Waals surface area contributed by atoms with Gasteiger partial charge in [0, 0.05) is 20.3 Å². The van der Waals surface area contributed by atoms with Crippen LogP contribution in [0.1, 0.15) is 0 Å². The van der Waals surface area contributed by atoms with Crippen molar-refractivity contribution >= 4 is 11.5 Å². The largest absolute Gasteiger partial charge is 0.394 e. The number of rotatable bonds is 1. The third-order valence-electron chi connectivity index (χ3n) is 1.09. The van der Waals surface area contributed by atoms with E-state index < -0.39 is 0 Å². The fraction of sp³-hybridized carbons (Fsp3) is 0.400. The highest BCUT2D eigenvalue weighted by atomic mass is 15.3. The number of nitrogens with zero attached hydrogens (tertiary/aromatic N) is 2. The minimum atomic E-state index is 0.681. The molecule has 1 rings (SSSR count). The molecule has 0 saturated heterocycles. The van der Waals surface area contributed by atoms with E-state index in [2.05, 4.69) is 10.4 Å². The molecule has 50 valence electrons. The first-order chi connectivity index (χ1) is 4.24. The molecule has 0 saturated carbocycles. The first-order valence-electron chi connectivity index (χ1n) is 2.71. The van der Waals surface area contributed by atoms with Gasteiger partial charge in [-0.25, -0.2) is 0 Å². The van der Waals surface area contributed by atoms with Crippen LogP contribution in [0.15, 0.2) is 6.20 Å². The highest BCUT2D eigenvalue weighted by Crippen LogP contribution is 2.11. The second-order valence-electron chi connectivity index (χ2n) is 1.86. The highest BCUT2D eigenvalue weighted by Gasteiger charge is 1.98. The number of anilines is 2. The van der Waals surface area contributed by atoms with Crippen molar-refractivity contribution in [3.8, 4) is 0 Å². The number of aromatic nitrogens is 2. The summed E-state index contributed by atoms with van der Waals surface area (Å²) < 4.78 is 1.67. The van der Waals surface area contributed by atoms with Crippen LogP contribution >= 0.6 is 0 Å². The van der Waals surface area contributed by atoms with E-state index in [9.17, 15) is 0 Å². The Balaban J connectivity index is 3.01. The molecule has 1 aromatic rings. The van der Waals surface area contributed by atoms with Gasteiger partial charge in [0.05, 0.1) is 5.69 Å². The number of hydrogen-bond acceptors (Lipinski definition) is 3. The standard InChI is InChI=1S/C5H10N4/c1-7-5-4(6)3-9(2)8-5/h3H,6H2,1-2H3,(H,7,8). The van der Waals surface area contributed by atoms with Gasteiger partial charge in [0.1, 0.15) is 0 Å². The molecule has 0 spiro atoms. The molecule has 0 aromatic carbocycles. The predicted octanol–water partition coefficient (Wildman–Crippen LogP) is 0.0440. The zero-order valence-electron chi connectivity index (χ0n) is 5.55. The number of nitrogens with two attached hydrogens (primary N) is 1. The summed E-state index contributed by atoms with van der Waals surface area (Å²) in [5.74, 6) is 0.734. The van der Waals surface area contributed by atoms with Gasteiger partial charge in [-0.05, 0) is 0 Å². The van der Waals surface area contributed by atoms with Gasteiger partial charge in [0.2, 0.25) is 0 Å². The molecule has 0 radical (unpaired) electrons. The number of hydrogen-bond donors (Lipinski definition) is 2. The molecule has 1 aromatic heterocycles. The minimum Gasteiger partial charge on any atom is -0.394 e. The molecule has 0 aliphatic carbocycles. The molecule has 3 N–H and O–H groups in total. The van der Waals surface area contributed by atoms with Crippen LogP contribution in [0.5, 0.6) is 0 Å². The van der Waals surface area contributed by atoms with Crippen molar-refractivity contribution in [2.45, 2.75) is 0 Å². The second kappa shape index (κ2) is 1.97. The van der Waals surface area contributed by atoms with E-state index in [4.69, 9.17) is 5.73 Å². The van der Waals surface area contributed by atoms with E-state index in [0.717, 1.165) is 5.82 Å². The zero-order chi connectivity index (χ0) is 6.85. The van der Waals surface area contributed by atoms with Crippen LogP contribution in [0.3, 0.4) is 0 Å². The van der Waals surface area contributed by atoms with Crippen LogP contribution in [0.25, 0.3) is 0 Å². The molecule has 9 heavy (non-hydrogen) atoms. The first-order valence-corrected chi connectivity index (χ1v) is 2.71. The molecule has 0 unspecified atom stereocenters. The van der Waals surface area contributed by atoms with E-state index in [1.54, 1.807) is 17.9 Å². The van der Waals surface area contributed by atoms with Gasteiger partial charge in [-0.1, -0.05) is 0 Å². The molecular weight excluding hydrogens is 116 g/mol. The third kappa shape index (κ3) is 0.960. The topological polar surface area (TPSA) is 55.9 Å². The van der Waals surface area contributed by atoms with Crippen molar-refractivity contribution in [2.75, 3.05) is 18.1 Å². The van der Waals surface area contributed by atoms with Gasteiger partial charge in [0.25, 0.3) is 0 Å². The average molecular weight is 126 g/mol. The van der Waals surface area contributed by atoms with Gasteiger partial charge >= 0.3 is 0 Å². The van der Waals surface area contributed by atoms with Gasteiger partial charge in [-0.3, -0.25) is 4.68 Å². The molecule has 0 bridgehead atoms. The maximum absolute atomic E-state index is 5.51. The molecule has 1 heterocycles. The lowest BCUT2D eigenvalue weighted by atomic mass is 10.5.